The van der Waals surface area contributed by atoms with Crippen molar-refractivity contribution in [2.75, 3.05) is 37.4 Å². The highest BCUT2D eigenvalue weighted by Gasteiger charge is 2.12. The molecule has 0 aliphatic heterocycles. The molecule has 6 nitrogen and oxygen atoms in total. The minimum atomic E-state index is -0.0414. The molecule has 1 aromatic heterocycles. The predicted octanol–water partition coefficient (Wildman–Crippen LogP) is 1.60. The van der Waals surface area contributed by atoms with E-state index in [1.54, 1.807) is 7.05 Å². The normalized spacial score (nSPS) is 10.5. The quantitative estimate of drug-likeness (QED) is 0.793. The van der Waals surface area contributed by atoms with Crippen LogP contribution >= 0.6 is 0 Å². The van der Waals surface area contributed by atoms with Crippen molar-refractivity contribution in [3.05, 3.63) is 11.9 Å². The van der Waals surface area contributed by atoms with Gasteiger partial charge in [-0.05, 0) is 6.42 Å². The summed E-state index contributed by atoms with van der Waals surface area (Å²) in [4.78, 5) is 22.3. The van der Waals surface area contributed by atoms with E-state index in [-0.39, 0.29) is 18.4 Å². The molecule has 1 amide bonds. The van der Waals surface area contributed by atoms with Crippen molar-refractivity contribution in [3.63, 3.8) is 0 Å². The Bertz CT molecular complexity index is 447. The van der Waals surface area contributed by atoms with Gasteiger partial charge in [-0.2, -0.15) is 0 Å². The number of carbonyl (C=O) groups is 1. The monoisotopic (exact) mass is 279 g/mol. The molecule has 0 aliphatic carbocycles. The topological polar surface area (TPSA) is 70.2 Å². The molecule has 0 bridgehead atoms. The summed E-state index contributed by atoms with van der Waals surface area (Å²) in [6.45, 7) is 7.37. The van der Waals surface area contributed by atoms with Crippen LogP contribution in [-0.2, 0) is 4.79 Å². The Labute approximate surface area is 121 Å². The maximum Gasteiger partial charge on any atom is 0.239 e. The van der Waals surface area contributed by atoms with Crippen molar-refractivity contribution >= 4 is 17.5 Å². The third-order valence-electron chi connectivity index (χ3n) is 2.85. The largest absolute Gasteiger partial charge is 0.370 e. The number of amides is 1. The summed E-state index contributed by atoms with van der Waals surface area (Å²) in [6, 6.07) is 1.88. The molecule has 0 saturated carbocycles. The average molecular weight is 279 g/mol. The van der Waals surface area contributed by atoms with E-state index in [0.29, 0.717) is 0 Å². The second kappa shape index (κ2) is 7.67. The number of anilines is 2. The summed E-state index contributed by atoms with van der Waals surface area (Å²) in [5.74, 6) is 2.55. The molecule has 1 heterocycles. The van der Waals surface area contributed by atoms with Crippen molar-refractivity contribution in [1.82, 2.24) is 15.3 Å². The van der Waals surface area contributed by atoms with Crippen LogP contribution in [0.15, 0.2) is 6.07 Å². The Balaban J connectivity index is 2.98. The third-order valence-corrected chi connectivity index (χ3v) is 2.85. The number of nitrogens with zero attached hydrogens (tertiary/aromatic N) is 3. The Kier molecular flexibility index (Phi) is 6.21. The highest BCUT2D eigenvalue weighted by atomic mass is 16.1. The van der Waals surface area contributed by atoms with E-state index in [2.05, 4.69) is 41.4 Å². The van der Waals surface area contributed by atoms with E-state index >= 15 is 0 Å². The van der Waals surface area contributed by atoms with E-state index in [1.807, 2.05) is 18.0 Å². The van der Waals surface area contributed by atoms with Gasteiger partial charge in [0, 0.05) is 32.6 Å². The van der Waals surface area contributed by atoms with Crippen molar-refractivity contribution < 1.29 is 4.79 Å². The summed E-state index contributed by atoms with van der Waals surface area (Å²) in [5, 5.41) is 5.89. The van der Waals surface area contributed by atoms with Crippen LogP contribution in [-0.4, -0.2) is 43.1 Å². The second-order valence-corrected chi connectivity index (χ2v) is 5.08. The molecule has 2 N–H and O–H groups in total. The van der Waals surface area contributed by atoms with Gasteiger partial charge in [0.25, 0.3) is 0 Å². The van der Waals surface area contributed by atoms with Crippen LogP contribution in [0.3, 0.4) is 0 Å². The van der Waals surface area contributed by atoms with Crippen molar-refractivity contribution in [3.8, 4) is 0 Å². The van der Waals surface area contributed by atoms with Crippen molar-refractivity contribution in [2.45, 2.75) is 33.1 Å². The summed E-state index contributed by atoms with van der Waals surface area (Å²) >= 11 is 0. The molecule has 0 unspecified atom stereocenters. The number of aromatic nitrogens is 2. The first-order valence-corrected chi connectivity index (χ1v) is 7.02. The Morgan fingerprint density at radius 2 is 2.10 bits per heavy atom. The fraction of sp³-hybridized carbons (Fsp3) is 0.643. The van der Waals surface area contributed by atoms with Crippen LogP contribution in [0.4, 0.5) is 11.6 Å². The maximum absolute atomic E-state index is 11.5. The van der Waals surface area contributed by atoms with Gasteiger partial charge in [0.1, 0.15) is 17.5 Å². The summed E-state index contributed by atoms with van der Waals surface area (Å²) in [7, 11) is 3.48. The lowest BCUT2D eigenvalue weighted by Crippen LogP contribution is -2.33. The van der Waals surface area contributed by atoms with Gasteiger partial charge in [0.2, 0.25) is 5.91 Å². The van der Waals surface area contributed by atoms with Gasteiger partial charge in [-0.1, -0.05) is 20.8 Å². The molecule has 1 rings (SSSR count). The molecule has 0 saturated heterocycles. The van der Waals surface area contributed by atoms with E-state index < -0.39 is 0 Å². The lowest BCUT2D eigenvalue weighted by atomic mass is 10.2. The zero-order valence-electron chi connectivity index (χ0n) is 13.0. The first-order chi connectivity index (χ1) is 9.47. The molecular weight excluding hydrogens is 254 g/mol. The van der Waals surface area contributed by atoms with Gasteiger partial charge in [-0.3, -0.25) is 4.79 Å². The lowest BCUT2D eigenvalue weighted by Gasteiger charge is -2.19. The first kappa shape index (κ1) is 16.2. The SMILES string of the molecule is CCCNc1cc(N(C)CC(=O)NC)nc(C(C)C)n1. The summed E-state index contributed by atoms with van der Waals surface area (Å²) in [5.41, 5.74) is 0. The molecule has 0 radical (unpaired) electrons. The standard InChI is InChI=1S/C14H25N5O/c1-6-7-16-11-8-12(18-14(17-11)10(2)3)19(5)9-13(20)15-4/h8,10H,6-7,9H2,1-5H3,(H,15,20)(H,16,17,18). The molecule has 6 heteroatoms. The minimum absolute atomic E-state index is 0.0414. The van der Waals surface area contributed by atoms with Crippen LogP contribution in [0.25, 0.3) is 0 Å². The predicted molar refractivity (Wildman–Crippen MR) is 82.2 cm³/mol. The van der Waals surface area contributed by atoms with E-state index in [1.165, 1.54) is 0 Å². The van der Waals surface area contributed by atoms with Gasteiger partial charge in [-0.25, -0.2) is 9.97 Å². The highest BCUT2D eigenvalue weighted by molar-refractivity contribution is 5.80. The Morgan fingerprint density at radius 3 is 2.65 bits per heavy atom. The lowest BCUT2D eigenvalue weighted by molar-refractivity contribution is -0.119. The van der Waals surface area contributed by atoms with Crippen LogP contribution in [0.1, 0.15) is 38.9 Å². The van der Waals surface area contributed by atoms with Crippen molar-refractivity contribution in [2.24, 2.45) is 0 Å². The molecule has 112 valence electrons. The molecule has 1 aromatic rings. The Morgan fingerprint density at radius 1 is 1.40 bits per heavy atom. The van der Waals surface area contributed by atoms with Crippen LogP contribution in [0.5, 0.6) is 0 Å². The van der Waals surface area contributed by atoms with E-state index in [4.69, 9.17) is 0 Å². The number of hydrogen-bond donors (Lipinski definition) is 2. The molecule has 0 spiro atoms. The number of hydrogen-bond acceptors (Lipinski definition) is 5. The van der Waals surface area contributed by atoms with Gasteiger partial charge < -0.3 is 15.5 Å². The highest BCUT2D eigenvalue weighted by Crippen LogP contribution is 2.19. The first-order valence-electron chi connectivity index (χ1n) is 7.02. The fourth-order valence-electron chi connectivity index (χ4n) is 1.63. The third kappa shape index (κ3) is 4.68. The molecular formula is C14H25N5O. The van der Waals surface area contributed by atoms with Crippen LogP contribution in [0.2, 0.25) is 0 Å². The zero-order chi connectivity index (χ0) is 15.1. The number of rotatable bonds is 7. The smallest absolute Gasteiger partial charge is 0.239 e. The summed E-state index contributed by atoms with van der Waals surface area (Å²) in [6.07, 6.45) is 1.03. The number of nitrogens with one attached hydrogen (secondary N) is 2. The number of carbonyl (C=O) groups excluding carboxylic acids is 1. The summed E-state index contributed by atoms with van der Waals surface area (Å²) < 4.78 is 0. The number of likely N-dealkylation sites (N-methyl/N-ethyl adjacent to an activating group) is 2. The van der Waals surface area contributed by atoms with Gasteiger partial charge >= 0.3 is 0 Å². The second-order valence-electron chi connectivity index (χ2n) is 5.08. The fourth-order valence-corrected chi connectivity index (χ4v) is 1.63. The van der Waals surface area contributed by atoms with Gasteiger partial charge in [-0.15, -0.1) is 0 Å². The molecule has 0 aliphatic rings. The molecule has 20 heavy (non-hydrogen) atoms. The Hall–Kier alpha value is -1.85. The van der Waals surface area contributed by atoms with E-state index in [0.717, 1.165) is 30.4 Å². The maximum atomic E-state index is 11.5. The molecule has 0 atom stereocenters. The van der Waals surface area contributed by atoms with Crippen LogP contribution < -0.4 is 15.5 Å². The molecule has 0 aromatic carbocycles. The average Bonchev–Trinajstić information content (AvgIpc) is 2.44. The van der Waals surface area contributed by atoms with Gasteiger partial charge in [0.15, 0.2) is 0 Å². The minimum Gasteiger partial charge on any atom is -0.370 e. The van der Waals surface area contributed by atoms with E-state index in [9.17, 15) is 4.79 Å². The van der Waals surface area contributed by atoms with Gasteiger partial charge in [0.05, 0.1) is 6.54 Å². The van der Waals surface area contributed by atoms with Crippen LogP contribution in [0, 0.1) is 0 Å². The molecule has 0 fully saturated rings. The zero-order valence-corrected chi connectivity index (χ0v) is 13.0. The van der Waals surface area contributed by atoms with Crippen molar-refractivity contribution in [1.29, 1.82) is 0 Å².